The van der Waals surface area contributed by atoms with E-state index in [4.69, 9.17) is 5.73 Å². The van der Waals surface area contributed by atoms with E-state index in [9.17, 15) is 9.59 Å². The summed E-state index contributed by atoms with van der Waals surface area (Å²) in [4.78, 5) is 25.0. The number of primary amides is 1. The molecule has 0 aliphatic carbocycles. The zero-order valence-corrected chi connectivity index (χ0v) is 13.4. The van der Waals surface area contributed by atoms with Gasteiger partial charge in [-0.3, -0.25) is 5.32 Å². The standard InChI is InChI=1S/C15H27N5O2/c1-3-5-10-17-15(22)19-13-9-7-8-12(18-14(16)21)20(13)11-6-4-2/h7-9,13H,3-6,10-11H2,1-2H3,(H3,16,18,21)(H2,17,19,22). The van der Waals surface area contributed by atoms with E-state index in [2.05, 4.69) is 29.8 Å². The van der Waals surface area contributed by atoms with Crippen molar-refractivity contribution in [1.29, 1.82) is 0 Å². The van der Waals surface area contributed by atoms with Crippen molar-refractivity contribution in [2.45, 2.75) is 45.7 Å². The van der Waals surface area contributed by atoms with Crippen molar-refractivity contribution in [3.63, 3.8) is 0 Å². The van der Waals surface area contributed by atoms with Gasteiger partial charge in [0.15, 0.2) is 0 Å². The molecule has 0 aromatic rings. The lowest BCUT2D eigenvalue weighted by atomic mass is 10.2. The number of carbonyl (C=O) groups is 2. The number of unbranched alkanes of at least 4 members (excludes halogenated alkanes) is 2. The molecule has 0 aromatic heterocycles. The van der Waals surface area contributed by atoms with Crippen LogP contribution in [0.2, 0.25) is 0 Å². The molecule has 0 spiro atoms. The van der Waals surface area contributed by atoms with Gasteiger partial charge in [0.1, 0.15) is 12.0 Å². The number of hydrogen-bond donors (Lipinski definition) is 4. The molecule has 1 unspecified atom stereocenters. The van der Waals surface area contributed by atoms with Gasteiger partial charge in [-0.25, -0.2) is 9.59 Å². The Morgan fingerprint density at radius 1 is 1.27 bits per heavy atom. The third-order valence-electron chi connectivity index (χ3n) is 3.29. The molecule has 0 radical (unpaired) electrons. The number of allylic oxidation sites excluding steroid dienone is 2. The minimum Gasteiger partial charge on any atom is -0.351 e. The van der Waals surface area contributed by atoms with Crippen LogP contribution in [0.5, 0.6) is 0 Å². The van der Waals surface area contributed by atoms with E-state index < -0.39 is 6.03 Å². The summed E-state index contributed by atoms with van der Waals surface area (Å²) in [5, 5.41) is 8.32. The third kappa shape index (κ3) is 6.07. The molecule has 124 valence electrons. The molecule has 0 saturated carbocycles. The van der Waals surface area contributed by atoms with Gasteiger partial charge in [-0.15, -0.1) is 0 Å². The van der Waals surface area contributed by atoms with E-state index in [1.807, 2.05) is 11.0 Å². The zero-order chi connectivity index (χ0) is 16.4. The predicted octanol–water partition coefficient (Wildman–Crippen LogP) is 1.59. The number of amides is 4. The van der Waals surface area contributed by atoms with E-state index in [-0.39, 0.29) is 12.2 Å². The Morgan fingerprint density at radius 2 is 2.00 bits per heavy atom. The van der Waals surface area contributed by atoms with Crippen molar-refractivity contribution >= 4 is 12.1 Å². The molecule has 0 bridgehead atoms. The molecule has 0 saturated heterocycles. The van der Waals surface area contributed by atoms with Crippen molar-refractivity contribution in [3.05, 3.63) is 24.0 Å². The molecular weight excluding hydrogens is 282 g/mol. The third-order valence-corrected chi connectivity index (χ3v) is 3.29. The average molecular weight is 309 g/mol. The van der Waals surface area contributed by atoms with Gasteiger partial charge in [0.25, 0.3) is 0 Å². The molecule has 1 heterocycles. The fourth-order valence-electron chi connectivity index (χ4n) is 2.12. The van der Waals surface area contributed by atoms with Crippen LogP contribution in [0, 0.1) is 0 Å². The van der Waals surface area contributed by atoms with Gasteiger partial charge in [-0.2, -0.15) is 0 Å². The highest BCUT2D eigenvalue weighted by atomic mass is 16.2. The Kier molecular flexibility index (Phi) is 7.88. The summed E-state index contributed by atoms with van der Waals surface area (Å²) in [5.41, 5.74) is 5.20. The summed E-state index contributed by atoms with van der Waals surface area (Å²) in [7, 11) is 0. The topological polar surface area (TPSA) is 99.5 Å². The maximum Gasteiger partial charge on any atom is 0.317 e. The Hall–Kier alpha value is -2.18. The van der Waals surface area contributed by atoms with Crippen LogP contribution in [0.3, 0.4) is 0 Å². The second kappa shape index (κ2) is 9.70. The van der Waals surface area contributed by atoms with Gasteiger partial charge < -0.3 is 21.3 Å². The zero-order valence-electron chi connectivity index (χ0n) is 13.4. The van der Waals surface area contributed by atoms with E-state index in [1.54, 1.807) is 12.2 Å². The van der Waals surface area contributed by atoms with Gasteiger partial charge in [-0.1, -0.05) is 32.8 Å². The maximum absolute atomic E-state index is 11.9. The number of nitrogens with zero attached hydrogens (tertiary/aromatic N) is 1. The van der Waals surface area contributed by atoms with Crippen molar-refractivity contribution in [2.24, 2.45) is 5.73 Å². The number of hydrogen-bond acceptors (Lipinski definition) is 3. The average Bonchev–Trinajstić information content (AvgIpc) is 2.46. The number of carbonyl (C=O) groups excluding carboxylic acids is 2. The lowest BCUT2D eigenvalue weighted by molar-refractivity contribution is 0.205. The lowest BCUT2D eigenvalue weighted by Gasteiger charge is -2.35. The van der Waals surface area contributed by atoms with Gasteiger partial charge in [0.2, 0.25) is 0 Å². The summed E-state index contributed by atoms with van der Waals surface area (Å²) in [5.74, 6) is 0.599. The molecule has 1 rings (SSSR count). The molecule has 7 nitrogen and oxygen atoms in total. The van der Waals surface area contributed by atoms with Gasteiger partial charge >= 0.3 is 12.1 Å². The van der Waals surface area contributed by atoms with Crippen LogP contribution in [-0.4, -0.2) is 36.2 Å². The second-order valence-electron chi connectivity index (χ2n) is 5.17. The highest BCUT2D eigenvalue weighted by molar-refractivity contribution is 5.75. The summed E-state index contributed by atoms with van der Waals surface area (Å²) in [6.07, 6.45) is 9.07. The quantitative estimate of drug-likeness (QED) is 0.512. The number of nitrogens with one attached hydrogen (secondary N) is 3. The van der Waals surface area contributed by atoms with Crippen molar-refractivity contribution < 1.29 is 9.59 Å². The highest BCUT2D eigenvalue weighted by Crippen LogP contribution is 2.13. The fraction of sp³-hybridized carbons (Fsp3) is 0.600. The van der Waals surface area contributed by atoms with Crippen LogP contribution in [0.25, 0.3) is 0 Å². The van der Waals surface area contributed by atoms with E-state index >= 15 is 0 Å². The molecule has 22 heavy (non-hydrogen) atoms. The van der Waals surface area contributed by atoms with E-state index in [0.29, 0.717) is 18.9 Å². The van der Waals surface area contributed by atoms with Crippen LogP contribution in [0.4, 0.5) is 9.59 Å². The van der Waals surface area contributed by atoms with Crippen LogP contribution < -0.4 is 21.7 Å². The SMILES string of the molecule is CCCCNC(=O)NC1C=CC=C(NC(N)=O)N1CCCC. The largest absolute Gasteiger partial charge is 0.351 e. The first-order valence-electron chi connectivity index (χ1n) is 7.84. The summed E-state index contributed by atoms with van der Waals surface area (Å²) in [6.45, 7) is 5.52. The molecule has 1 aliphatic heterocycles. The first-order valence-corrected chi connectivity index (χ1v) is 7.84. The minimum atomic E-state index is -0.616. The molecule has 0 aromatic carbocycles. The molecule has 1 atom stereocenters. The Morgan fingerprint density at radius 3 is 2.64 bits per heavy atom. The predicted molar refractivity (Wildman–Crippen MR) is 86.8 cm³/mol. The Labute approximate surface area is 132 Å². The molecular formula is C15H27N5O2. The lowest BCUT2D eigenvalue weighted by Crippen LogP contribution is -2.53. The number of rotatable bonds is 8. The van der Waals surface area contributed by atoms with Crippen LogP contribution in [0.15, 0.2) is 24.0 Å². The normalized spacial score (nSPS) is 16.9. The summed E-state index contributed by atoms with van der Waals surface area (Å²) < 4.78 is 0. The van der Waals surface area contributed by atoms with Crippen molar-refractivity contribution in [2.75, 3.05) is 13.1 Å². The van der Waals surface area contributed by atoms with Crippen LogP contribution >= 0.6 is 0 Å². The van der Waals surface area contributed by atoms with Gasteiger partial charge in [0.05, 0.1) is 0 Å². The van der Waals surface area contributed by atoms with Gasteiger partial charge in [-0.05, 0) is 25.0 Å². The molecule has 5 N–H and O–H groups in total. The van der Waals surface area contributed by atoms with Crippen molar-refractivity contribution in [1.82, 2.24) is 20.9 Å². The smallest absolute Gasteiger partial charge is 0.317 e. The molecule has 0 fully saturated rings. The molecule has 7 heteroatoms. The van der Waals surface area contributed by atoms with Crippen molar-refractivity contribution in [3.8, 4) is 0 Å². The summed E-state index contributed by atoms with van der Waals surface area (Å²) >= 11 is 0. The summed E-state index contributed by atoms with van der Waals surface area (Å²) in [6, 6.07) is -0.834. The fourth-order valence-corrected chi connectivity index (χ4v) is 2.12. The Bertz CT molecular complexity index is 434. The molecule has 4 amide bonds. The highest BCUT2D eigenvalue weighted by Gasteiger charge is 2.22. The van der Waals surface area contributed by atoms with E-state index in [0.717, 1.165) is 25.7 Å². The number of urea groups is 2. The number of nitrogens with two attached hydrogens (primary N) is 1. The monoisotopic (exact) mass is 309 g/mol. The first-order chi connectivity index (χ1) is 10.6. The maximum atomic E-state index is 11.9. The van der Waals surface area contributed by atoms with E-state index in [1.165, 1.54) is 0 Å². The van der Waals surface area contributed by atoms with Gasteiger partial charge in [0, 0.05) is 13.1 Å². The minimum absolute atomic E-state index is 0.218. The molecule has 1 aliphatic rings. The van der Waals surface area contributed by atoms with Crippen LogP contribution in [-0.2, 0) is 0 Å². The first kappa shape index (κ1) is 17.9. The Balaban J connectivity index is 2.66. The second-order valence-corrected chi connectivity index (χ2v) is 5.17. The van der Waals surface area contributed by atoms with Crippen LogP contribution in [0.1, 0.15) is 39.5 Å².